The molecule has 0 spiro atoms. The lowest BCUT2D eigenvalue weighted by atomic mass is 10.1. The van der Waals surface area contributed by atoms with Gasteiger partial charge >= 0.3 is 0 Å². The van der Waals surface area contributed by atoms with E-state index in [1.165, 1.54) is 0 Å². The molecule has 0 atom stereocenters. The third-order valence-electron chi connectivity index (χ3n) is 3.23. The van der Waals surface area contributed by atoms with Crippen molar-refractivity contribution >= 4 is 17.0 Å². The molecule has 1 fully saturated rings. The molecule has 17 heavy (non-hydrogen) atoms. The van der Waals surface area contributed by atoms with Crippen LogP contribution in [0.5, 0.6) is 0 Å². The van der Waals surface area contributed by atoms with E-state index in [0.717, 1.165) is 23.9 Å². The molecule has 1 aliphatic carbocycles. The second kappa shape index (κ2) is 3.58. The molecule has 0 radical (unpaired) electrons. The van der Waals surface area contributed by atoms with Crippen molar-refractivity contribution in [1.29, 1.82) is 0 Å². The molecule has 1 heterocycles. The lowest BCUT2D eigenvalue weighted by Crippen LogP contribution is -2.34. The maximum atomic E-state index is 12.0. The summed E-state index contributed by atoms with van der Waals surface area (Å²) in [5, 5.41) is 2.85. The Bertz CT molecular complexity index is 537. The number of amides is 1. The summed E-state index contributed by atoms with van der Waals surface area (Å²) in [6.07, 6.45) is 1.65. The first-order valence-electron chi connectivity index (χ1n) is 5.90. The average molecular weight is 230 g/mol. The third kappa shape index (κ3) is 1.52. The largest absolute Gasteiger partial charge is 0.440 e. The zero-order chi connectivity index (χ0) is 11.9. The van der Waals surface area contributed by atoms with Crippen molar-refractivity contribution in [3.63, 3.8) is 0 Å². The molecule has 4 heteroatoms. The number of nitrogens with zero attached hydrogens (tertiary/aromatic N) is 1. The molecule has 88 valence electrons. The maximum Gasteiger partial charge on any atom is 0.235 e. The number of nitrogens with one attached hydrogen (secondary N) is 1. The quantitative estimate of drug-likeness (QED) is 0.877. The standard InChI is InChI=1S/C13H14N2O2/c1-2-14-11(16)13(7-8-13)12-15-9-5-3-4-6-10(9)17-12/h3-6H,2,7-8H2,1H3,(H,14,16). The van der Waals surface area contributed by atoms with Gasteiger partial charge in [-0.15, -0.1) is 0 Å². The van der Waals surface area contributed by atoms with E-state index < -0.39 is 5.41 Å². The number of fused-ring (bicyclic) bond motifs is 1. The fourth-order valence-electron chi connectivity index (χ4n) is 2.07. The molecule has 4 nitrogen and oxygen atoms in total. The van der Waals surface area contributed by atoms with Crippen LogP contribution in [-0.2, 0) is 10.2 Å². The summed E-state index contributed by atoms with van der Waals surface area (Å²) in [6.45, 7) is 2.56. The van der Waals surface area contributed by atoms with E-state index in [-0.39, 0.29) is 5.91 Å². The second-order valence-corrected chi connectivity index (χ2v) is 4.43. The van der Waals surface area contributed by atoms with Crippen molar-refractivity contribution in [3.05, 3.63) is 30.2 Å². The van der Waals surface area contributed by atoms with E-state index in [9.17, 15) is 4.79 Å². The number of carbonyl (C=O) groups is 1. The SMILES string of the molecule is CCNC(=O)C1(c2nc3ccccc3o2)CC1. The highest BCUT2D eigenvalue weighted by Gasteiger charge is 2.55. The van der Waals surface area contributed by atoms with E-state index >= 15 is 0 Å². The normalized spacial score (nSPS) is 17.0. The Kier molecular flexibility index (Phi) is 2.18. The summed E-state index contributed by atoms with van der Waals surface area (Å²) < 4.78 is 5.69. The second-order valence-electron chi connectivity index (χ2n) is 4.43. The summed E-state index contributed by atoms with van der Waals surface area (Å²) in [5.74, 6) is 0.594. The number of benzene rings is 1. The van der Waals surface area contributed by atoms with Crippen molar-refractivity contribution in [1.82, 2.24) is 10.3 Å². The minimum Gasteiger partial charge on any atom is -0.440 e. The molecule has 3 rings (SSSR count). The van der Waals surface area contributed by atoms with Gasteiger partial charge in [0.2, 0.25) is 11.8 Å². The Hall–Kier alpha value is -1.84. The van der Waals surface area contributed by atoms with Crippen LogP contribution in [0.4, 0.5) is 0 Å². The monoisotopic (exact) mass is 230 g/mol. The van der Waals surface area contributed by atoms with E-state index in [1.807, 2.05) is 31.2 Å². The van der Waals surface area contributed by atoms with Crippen LogP contribution < -0.4 is 5.32 Å². The molecule has 0 bridgehead atoms. The summed E-state index contributed by atoms with van der Waals surface area (Å²) in [6, 6.07) is 7.60. The number of aromatic nitrogens is 1. The first-order valence-corrected chi connectivity index (χ1v) is 5.90. The highest BCUT2D eigenvalue weighted by atomic mass is 16.4. The maximum absolute atomic E-state index is 12.0. The number of para-hydroxylation sites is 2. The Balaban J connectivity index is 2.01. The Labute approximate surface area is 99.0 Å². The molecule has 1 aromatic carbocycles. The van der Waals surface area contributed by atoms with E-state index in [2.05, 4.69) is 10.3 Å². The van der Waals surface area contributed by atoms with Gasteiger partial charge < -0.3 is 9.73 Å². The van der Waals surface area contributed by atoms with Crippen LogP contribution in [0.2, 0.25) is 0 Å². The zero-order valence-electron chi connectivity index (χ0n) is 9.69. The number of likely N-dealkylation sites (N-methyl/N-ethyl adjacent to an activating group) is 1. The molecule has 0 saturated heterocycles. The van der Waals surface area contributed by atoms with E-state index in [1.54, 1.807) is 0 Å². The summed E-state index contributed by atoms with van der Waals surface area (Å²) in [4.78, 5) is 16.4. The number of oxazole rings is 1. The minimum atomic E-state index is -0.505. The molecular formula is C13H14N2O2. The van der Waals surface area contributed by atoms with Crippen LogP contribution in [0.3, 0.4) is 0 Å². The van der Waals surface area contributed by atoms with Gasteiger partial charge in [-0.05, 0) is 31.9 Å². The number of hydrogen-bond donors (Lipinski definition) is 1. The number of carbonyl (C=O) groups excluding carboxylic acids is 1. The van der Waals surface area contributed by atoms with E-state index in [4.69, 9.17) is 4.42 Å². The van der Waals surface area contributed by atoms with Gasteiger partial charge in [0.25, 0.3) is 0 Å². The van der Waals surface area contributed by atoms with Gasteiger partial charge in [0.15, 0.2) is 5.58 Å². The highest BCUT2D eigenvalue weighted by Crippen LogP contribution is 2.48. The van der Waals surface area contributed by atoms with Crippen molar-refractivity contribution in [3.8, 4) is 0 Å². The molecule has 1 aromatic heterocycles. The molecule has 1 amide bonds. The van der Waals surface area contributed by atoms with Crippen LogP contribution in [0.1, 0.15) is 25.7 Å². The van der Waals surface area contributed by atoms with Crippen LogP contribution in [0, 0.1) is 0 Å². The van der Waals surface area contributed by atoms with Gasteiger partial charge in [-0.3, -0.25) is 4.79 Å². The van der Waals surface area contributed by atoms with Gasteiger partial charge in [0.05, 0.1) is 0 Å². The zero-order valence-corrected chi connectivity index (χ0v) is 9.69. The molecule has 1 saturated carbocycles. The summed E-state index contributed by atoms with van der Waals surface area (Å²) >= 11 is 0. The highest BCUT2D eigenvalue weighted by molar-refractivity contribution is 5.90. The lowest BCUT2D eigenvalue weighted by molar-refractivity contribution is -0.123. The summed E-state index contributed by atoms with van der Waals surface area (Å²) in [7, 11) is 0. The fourth-order valence-corrected chi connectivity index (χ4v) is 2.07. The van der Waals surface area contributed by atoms with Crippen molar-refractivity contribution in [2.75, 3.05) is 6.54 Å². The van der Waals surface area contributed by atoms with Crippen molar-refractivity contribution in [2.24, 2.45) is 0 Å². The van der Waals surface area contributed by atoms with E-state index in [0.29, 0.717) is 12.4 Å². The summed E-state index contributed by atoms with van der Waals surface area (Å²) in [5.41, 5.74) is 1.06. The minimum absolute atomic E-state index is 0.0338. The lowest BCUT2D eigenvalue weighted by Gasteiger charge is -2.09. The Morgan fingerprint density at radius 1 is 1.47 bits per heavy atom. The molecule has 1 N–H and O–H groups in total. The molecule has 0 aliphatic heterocycles. The molecular weight excluding hydrogens is 216 g/mol. The molecule has 0 unspecified atom stereocenters. The molecule has 1 aliphatic rings. The van der Waals surface area contributed by atoms with Crippen LogP contribution >= 0.6 is 0 Å². The van der Waals surface area contributed by atoms with Gasteiger partial charge in [0.1, 0.15) is 10.9 Å². The van der Waals surface area contributed by atoms with Gasteiger partial charge in [-0.25, -0.2) is 4.98 Å². The number of rotatable bonds is 3. The molecule has 2 aromatic rings. The Morgan fingerprint density at radius 2 is 2.24 bits per heavy atom. The third-order valence-corrected chi connectivity index (χ3v) is 3.23. The first kappa shape index (κ1) is 10.3. The fraction of sp³-hybridized carbons (Fsp3) is 0.385. The van der Waals surface area contributed by atoms with Gasteiger partial charge in [0, 0.05) is 6.54 Å². The topological polar surface area (TPSA) is 55.1 Å². The van der Waals surface area contributed by atoms with Crippen LogP contribution in [-0.4, -0.2) is 17.4 Å². The number of hydrogen-bond acceptors (Lipinski definition) is 3. The smallest absolute Gasteiger partial charge is 0.235 e. The van der Waals surface area contributed by atoms with Crippen LogP contribution in [0.25, 0.3) is 11.1 Å². The van der Waals surface area contributed by atoms with Crippen molar-refractivity contribution < 1.29 is 9.21 Å². The predicted octanol–water partition coefficient (Wildman–Crippen LogP) is 2.00. The van der Waals surface area contributed by atoms with Gasteiger partial charge in [-0.1, -0.05) is 12.1 Å². The Morgan fingerprint density at radius 3 is 2.88 bits per heavy atom. The van der Waals surface area contributed by atoms with Crippen LogP contribution in [0.15, 0.2) is 28.7 Å². The van der Waals surface area contributed by atoms with Gasteiger partial charge in [-0.2, -0.15) is 0 Å². The predicted molar refractivity (Wildman–Crippen MR) is 63.6 cm³/mol. The average Bonchev–Trinajstić information content (AvgIpc) is 3.03. The first-order chi connectivity index (χ1) is 8.26. The van der Waals surface area contributed by atoms with Crippen molar-refractivity contribution in [2.45, 2.75) is 25.2 Å².